The molecule has 0 radical (unpaired) electrons. The molecular weight excluding hydrogens is 368 g/mol. The molecule has 2 heterocycles. The average Bonchev–Trinajstić information content (AvgIpc) is 3.09. The van der Waals surface area contributed by atoms with Crippen molar-refractivity contribution in [1.82, 2.24) is 0 Å². The van der Waals surface area contributed by atoms with Gasteiger partial charge >= 0.3 is 0 Å². The van der Waals surface area contributed by atoms with Crippen LogP contribution in [0.1, 0.15) is 92.9 Å². The Labute approximate surface area is 184 Å². The first-order chi connectivity index (χ1) is 14.2. The minimum Gasteiger partial charge on any atom is -0.224 e. The molecule has 0 aromatic rings. The molecule has 0 N–H and O–H groups in total. The Kier molecular flexibility index (Phi) is 4.92. The molecule has 168 valence electrons. The fraction of sp³-hybridized carbons (Fsp3) is 0.857. The van der Waals surface area contributed by atoms with E-state index in [0.29, 0.717) is 35.0 Å². The average molecular weight is 413 g/mol. The third-order valence-electron chi connectivity index (χ3n) is 11.1. The largest absolute Gasteiger partial charge is 0.224 e. The Hall–Kier alpha value is -0.600. The molecule has 0 amide bonds. The Balaban J connectivity index is 1.45. The van der Waals surface area contributed by atoms with Crippen LogP contribution in [-0.4, -0.2) is 11.2 Å². The molecule has 4 aliphatic carbocycles. The van der Waals surface area contributed by atoms with Crippen molar-refractivity contribution in [3.8, 4) is 0 Å². The van der Waals surface area contributed by atoms with Crippen molar-refractivity contribution < 1.29 is 9.78 Å². The summed E-state index contributed by atoms with van der Waals surface area (Å²) in [6, 6.07) is 0. The van der Waals surface area contributed by atoms with Gasteiger partial charge < -0.3 is 0 Å². The van der Waals surface area contributed by atoms with E-state index < -0.39 is 0 Å². The molecule has 1 saturated heterocycles. The number of allylic oxidation sites excluding steroid dienone is 2. The molecule has 6 rings (SSSR count). The lowest BCUT2D eigenvalue weighted by Crippen LogP contribution is -2.72. The summed E-state index contributed by atoms with van der Waals surface area (Å²) in [6.07, 6.45) is 20.3. The first-order valence-electron chi connectivity index (χ1n) is 12.9. The summed E-state index contributed by atoms with van der Waals surface area (Å²) in [5.74, 6) is 3.95. The second kappa shape index (κ2) is 6.95. The fourth-order valence-electron chi connectivity index (χ4n) is 8.75. The van der Waals surface area contributed by atoms with Crippen LogP contribution >= 0.6 is 0 Å². The molecule has 0 aromatic carbocycles. The molecule has 2 bridgehead atoms. The Morgan fingerprint density at radius 1 is 0.833 bits per heavy atom. The molecular formula is C28H44O2. The highest BCUT2D eigenvalue weighted by molar-refractivity contribution is 5.33. The number of hydrogen-bond donors (Lipinski definition) is 0. The minimum atomic E-state index is -0.190. The summed E-state index contributed by atoms with van der Waals surface area (Å²) in [7, 11) is 0. The summed E-state index contributed by atoms with van der Waals surface area (Å²) in [5, 5.41) is 0. The molecule has 2 nitrogen and oxygen atoms in total. The topological polar surface area (TPSA) is 18.5 Å². The van der Waals surface area contributed by atoms with Crippen LogP contribution in [-0.2, 0) is 9.78 Å². The monoisotopic (exact) mass is 412 g/mol. The lowest BCUT2D eigenvalue weighted by atomic mass is 9.43. The van der Waals surface area contributed by atoms with E-state index in [1.807, 2.05) is 0 Å². The van der Waals surface area contributed by atoms with E-state index in [9.17, 15) is 0 Å². The van der Waals surface area contributed by atoms with Gasteiger partial charge in [0.05, 0.1) is 0 Å². The van der Waals surface area contributed by atoms with Gasteiger partial charge in [0.25, 0.3) is 0 Å². The van der Waals surface area contributed by atoms with Crippen LogP contribution in [0.2, 0.25) is 0 Å². The summed E-state index contributed by atoms with van der Waals surface area (Å²) in [6.45, 7) is 14.6. The zero-order valence-corrected chi connectivity index (χ0v) is 20.2. The maximum atomic E-state index is 6.53. The second-order valence-corrected chi connectivity index (χ2v) is 12.5. The number of fused-ring (bicyclic) bond motifs is 2. The zero-order chi connectivity index (χ0) is 21.4. The normalized spacial score (nSPS) is 51.6. The van der Waals surface area contributed by atoms with E-state index in [1.54, 1.807) is 0 Å². The van der Waals surface area contributed by atoms with Crippen molar-refractivity contribution in [3.63, 3.8) is 0 Å². The molecule has 3 saturated carbocycles. The molecule has 0 aromatic heterocycles. The van der Waals surface area contributed by atoms with Gasteiger partial charge in [0.15, 0.2) is 0 Å². The van der Waals surface area contributed by atoms with Crippen LogP contribution in [0.25, 0.3) is 0 Å². The van der Waals surface area contributed by atoms with E-state index in [-0.39, 0.29) is 16.6 Å². The summed E-state index contributed by atoms with van der Waals surface area (Å²) < 4.78 is 0. The fourth-order valence-corrected chi connectivity index (χ4v) is 8.75. The molecule has 2 heteroatoms. The van der Waals surface area contributed by atoms with E-state index >= 15 is 0 Å². The van der Waals surface area contributed by atoms with Gasteiger partial charge in [-0.3, -0.25) is 0 Å². The van der Waals surface area contributed by atoms with Crippen LogP contribution in [0.4, 0.5) is 0 Å². The maximum absolute atomic E-state index is 6.53. The van der Waals surface area contributed by atoms with Crippen LogP contribution < -0.4 is 0 Å². The van der Waals surface area contributed by atoms with Crippen LogP contribution in [0, 0.1) is 46.3 Å². The molecule has 6 aliphatic rings. The van der Waals surface area contributed by atoms with Crippen LogP contribution in [0.3, 0.4) is 0 Å². The van der Waals surface area contributed by atoms with E-state index in [0.717, 1.165) is 12.3 Å². The summed E-state index contributed by atoms with van der Waals surface area (Å²) in [5.41, 5.74) is 0.240. The quantitative estimate of drug-likeness (QED) is 0.351. The van der Waals surface area contributed by atoms with Crippen molar-refractivity contribution in [2.75, 3.05) is 0 Å². The molecule has 0 unspecified atom stereocenters. The highest BCUT2D eigenvalue weighted by atomic mass is 17.2. The van der Waals surface area contributed by atoms with Gasteiger partial charge in [-0.2, -0.15) is 0 Å². The van der Waals surface area contributed by atoms with E-state index in [1.165, 1.54) is 44.9 Å². The molecule has 30 heavy (non-hydrogen) atoms. The second-order valence-electron chi connectivity index (χ2n) is 12.5. The number of hydrogen-bond acceptors (Lipinski definition) is 2. The molecule has 9 atom stereocenters. The van der Waals surface area contributed by atoms with Gasteiger partial charge in [-0.15, -0.1) is 0 Å². The third kappa shape index (κ3) is 2.62. The highest BCUT2D eigenvalue weighted by Crippen LogP contribution is 2.72. The van der Waals surface area contributed by atoms with Crippen molar-refractivity contribution in [3.05, 3.63) is 24.3 Å². The molecule has 2 aliphatic heterocycles. The third-order valence-corrected chi connectivity index (χ3v) is 11.1. The lowest BCUT2D eigenvalue weighted by molar-refractivity contribution is -0.495. The van der Waals surface area contributed by atoms with Crippen molar-refractivity contribution in [2.45, 2.75) is 104 Å². The minimum absolute atomic E-state index is 0.160. The smallest absolute Gasteiger partial charge is 0.128 e. The highest BCUT2D eigenvalue weighted by Gasteiger charge is 2.73. The zero-order valence-electron chi connectivity index (χ0n) is 20.2. The van der Waals surface area contributed by atoms with Crippen molar-refractivity contribution in [2.24, 2.45) is 46.3 Å². The Morgan fingerprint density at radius 2 is 1.60 bits per heavy atom. The Bertz CT molecular complexity index is 739. The first-order valence-corrected chi connectivity index (χ1v) is 12.9. The predicted molar refractivity (Wildman–Crippen MR) is 123 cm³/mol. The van der Waals surface area contributed by atoms with Gasteiger partial charge in [0.2, 0.25) is 0 Å². The number of rotatable bonds is 4. The summed E-state index contributed by atoms with van der Waals surface area (Å²) >= 11 is 0. The standard InChI is InChI=1S/C28H44O2/c1-19(2)20(3)9-10-21(4)22-11-12-23-25(22,5)16-13-24-26(6)14-7-8-15-27(26)17-18-28(23,24)30-29-27/h9-10,17-24H,7-8,11-16H2,1-6H3/t20-,21+,22+,23+,24+,25+,26+,27-,28-/m0/s1. The van der Waals surface area contributed by atoms with Gasteiger partial charge in [-0.25, -0.2) is 9.78 Å². The van der Waals surface area contributed by atoms with Crippen LogP contribution in [0.5, 0.6) is 0 Å². The van der Waals surface area contributed by atoms with Gasteiger partial charge in [0, 0.05) is 17.3 Å². The van der Waals surface area contributed by atoms with Crippen molar-refractivity contribution in [1.29, 1.82) is 0 Å². The molecule has 2 spiro atoms. The van der Waals surface area contributed by atoms with Crippen molar-refractivity contribution >= 4 is 0 Å². The Morgan fingerprint density at radius 3 is 2.30 bits per heavy atom. The van der Waals surface area contributed by atoms with Gasteiger partial charge in [0.1, 0.15) is 11.2 Å². The lowest BCUT2D eigenvalue weighted by Gasteiger charge is -2.69. The summed E-state index contributed by atoms with van der Waals surface area (Å²) in [4.78, 5) is 12.9. The molecule has 4 fully saturated rings. The first kappa shape index (κ1) is 21.3. The van der Waals surface area contributed by atoms with E-state index in [2.05, 4.69) is 65.8 Å². The van der Waals surface area contributed by atoms with E-state index in [4.69, 9.17) is 9.78 Å². The van der Waals surface area contributed by atoms with Crippen LogP contribution in [0.15, 0.2) is 24.3 Å². The van der Waals surface area contributed by atoms with Gasteiger partial charge in [-0.05, 0) is 67.6 Å². The van der Waals surface area contributed by atoms with Gasteiger partial charge in [-0.1, -0.05) is 78.7 Å². The predicted octanol–water partition coefficient (Wildman–Crippen LogP) is 7.50. The SMILES string of the molecule is CC(C)[C@@H](C)C=C[C@@H](C)[C@H]1CC[C@@H]2[C@]1(C)CC[C@H]1[C@]23C=C[C@]2(CCCC[C@]12C)OO3. The maximum Gasteiger partial charge on any atom is 0.128 e.